The van der Waals surface area contributed by atoms with Crippen molar-refractivity contribution >= 4 is 36.4 Å². The molecule has 1 unspecified atom stereocenters. The Morgan fingerprint density at radius 3 is 1.25 bits per heavy atom. The molecule has 0 saturated carbocycles. The van der Waals surface area contributed by atoms with Crippen LogP contribution in [0.5, 0.6) is 0 Å². The SMILES string of the molecule is c1ccc(P(c2ccccc2)C2C[P+]2(c2ccccc2)c2ccccc2)cc1. The summed E-state index contributed by atoms with van der Waals surface area (Å²) in [5.74, 6) is 0. The van der Waals surface area contributed by atoms with Crippen molar-refractivity contribution in [2.45, 2.75) is 5.40 Å². The first kappa shape index (κ1) is 17.8. The van der Waals surface area contributed by atoms with Crippen molar-refractivity contribution in [2.75, 3.05) is 6.16 Å². The van der Waals surface area contributed by atoms with Crippen molar-refractivity contribution in [3.8, 4) is 0 Å². The summed E-state index contributed by atoms with van der Waals surface area (Å²) in [6.45, 7) is 0. The van der Waals surface area contributed by atoms with Crippen molar-refractivity contribution < 1.29 is 0 Å². The van der Waals surface area contributed by atoms with Crippen molar-refractivity contribution in [2.24, 2.45) is 0 Å². The zero-order valence-corrected chi connectivity index (χ0v) is 17.5. The van der Waals surface area contributed by atoms with Crippen LogP contribution in [-0.2, 0) is 0 Å². The van der Waals surface area contributed by atoms with Gasteiger partial charge in [0, 0.05) is 7.92 Å². The van der Waals surface area contributed by atoms with Crippen LogP contribution in [0.3, 0.4) is 0 Å². The normalized spacial score (nSPS) is 17.4. The third-order valence-electron chi connectivity index (χ3n) is 5.63. The van der Waals surface area contributed by atoms with E-state index < -0.39 is 7.26 Å². The van der Waals surface area contributed by atoms with Crippen molar-refractivity contribution in [1.82, 2.24) is 0 Å². The molecular formula is C26H23P2+. The molecule has 0 radical (unpaired) electrons. The van der Waals surface area contributed by atoms with Gasteiger partial charge in [-0.3, -0.25) is 0 Å². The van der Waals surface area contributed by atoms with E-state index in [-0.39, 0.29) is 7.92 Å². The fourth-order valence-corrected chi connectivity index (χ4v) is 14.6. The Morgan fingerprint density at radius 2 is 0.857 bits per heavy atom. The van der Waals surface area contributed by atoms with Gasteiger partial charge in [-0.1, -0.05) is 97.1 Å². The average molecular weight is 397 g/mol. The van der Waals surface area contributed by atoms with E-state index in [1.165, 1.54) is 16.8 Å². The average Bonchev–Trinajstić information content (AvgIpc) is 3.53. The van der Waals surface area contributed by atoms with Gasteiger partial charge in [0.15, 0.2) is 0 Å². The molecule has 136 valence electrons. The molecule has 5 rings (SSSR count). The van der Waals surface area contributed by atoms with Gasteiger partial charge in [0.05, 0.1) is 7.26 Å². The lowest BCUT2D eigenvalue weighted by Gasteiger charge is -2.19. The number of hydrogen-bond donors (Lipinski definition) is 0. The molecule has 0 amide bonds. The van der Waals surface area contributed by atoms with Crippen LogP contribution in [0.1, 0.15) is 0 Å². The Labute approximate surface area is 169 Å². The molecular weight excluding hydrogens is 374 g/mol. The van der Waals surface area contributed by atoms with Crippen LogP contribution in [0.2, 0.25) is 0 Å². The highest BCUT2D eigenvalue weighted by Crippen LogP contribution is 2.84. The Hall–Kier alpha value is -2.26. The standard InChI is InChI=1S/C26H23P2/c1-5-13-22(14-6-1)27(23-15-7-2-8-16-23)26-21-28(26,24-17-9-3-10-18-24)25-19-11-4-12-20-25/h1-20,26H,21H2/q+1. The molecule has 1 fully saturated rings. The van der Waals surface area contributed by atoms with Crippen molar-refractivity contribution in [3.63, 3.8) is 0 Å². The summed E-state index contributed by atoms with van der Waals surface area (Å²) < 4.78 is 0. The van der Waals surface area contributed by atoms with Gasteiger partial charge in [-0.25, -0.2) is 0 Å². The first-order valence-corrected chi connectivity index (χ1v) is 13.2. The Balaban J connectivity index is 1.66. The van der Waals surface area contributed by atoms with Gasteiger partial charge in [-0.15, -0.1) is 0 Å². The van der Waals surface area contributed by atoms with Crippen LogP contribution >= 0.6 is 15.2 Å². The third kappa shape index (κ3) is 3.12. The van der Waals surface area contributed by atoms with E-state index >= 15 is 0 Å². The largest absolute Gasteiger partial charge is 0.139 e. The topological polar surface area (TPSA) is 0 Å². The fourth-order valence-electron chi connectivity index (χ4n) is 4.25. The Bertz CT molecular complexity index is 952. The molecule has 1 saturated heterocycles. The van der Waals surface area contributed by atoms with Crippen LogP contribution < -0.4 is 21.2 Å². The number of rotatable bonds is 5. The van der Waals surface area contributed by atoms with Crippen molar-refractivity contribution in [1.29, 1.82) is 0 Å². The summed E-state index contributed by atoms with van der Waals surface area (Å²) in [7, 11) is -1.75. The Morgan fingerprint density at radius 1 is 0.500 bits per heavy atom. The monoisotopic (exact) mass is 397 g/mol. The molecule has 4 aromatic carbocycles. The highest BCUT2D eigenvalue weighted by molar-refractivity contribution is 8.06. The maximum atomic E-state index is 2.37. The van der Waals surface area contributed by atoms with Gasteiger partial charge >= 0.3 is 0 Å². The molecule has 1 heterocycles. The van der Waals surface area contributed by atoms with Gasteiger partial charge in [0.2, 0.25) is 0 Å². The molecule has 0 aromatic heterocycles. The molecule has 1 atom stereocenters. The van der Waals surface area contributed by atoms with E-state index in [4.69, 9.17) is 0 Å². The zero-order chi connectivity index (χ0) is 18.8. The minimum absolute atomic E-state index is 0.385. The minimum Gasteiger partial charge on any atom is -0.0622 e. The molecule has 0 bridgehead atoms. The third-order valence-corrected chi connectivity index (χ3v) is 14.4. The van der Waals surface area contributed by atoms with Gasteiger partial charge in [-0.2, -0.15) is 0 Å². The summed E-state index contributed by atoms with van der Waals surface area (Å²) >= 11 is 0. The number of hydrogen-bond acceptors (Lipinski definition) is 0. The van der Waals surface area contributed by atoms with Crippen LogP contribution in [0.15, 0.2) is 121 Å². The summed E-state index contributed by atoms with van der Waals surface area (Å²) in [6.07, 6.45) is 1.32. The lowest BCUT2D eigenvalue weighted by molar-refractivity contribution is 1.59. The molecule has 1 aliphatic heterocycles. The smallest absolute Gasteiger partial charge is 0.0622 e. The predicted molar refractivity (Wildman–Crippen MR) is 127 cm³/mol. The van der Waals surface area contributed by atoms with Gasteiger partial charge < -0.3 is 0 Å². The van der Waals surface area contributed by atoms with E-state index in [0.717, 1.165) is 5.40 Å². The second-order valence-electron chi connectivity index (χ2n) is 7.24. The molecule has 0 aliphatic carbocycles. The van der Waals surface area contributed by atoms with E-state index in [2.05, 4.69) is 121 Å². The maximum absolute atomic E-state index is 2.37. The van der Waals surface area contributed by atoms with Crippen molar-refractivity contribution in [3.05, 3.63) is 121 Å². The lowest BCUT2D eigenvalue weighted by atomic mass is 10.4. The first-order chi connectivity index (χ1) is 13.9. The molecule has 0 spiro atoms. The quantitative estimate of drug-likeness (QED) is 0.410. The molecule has 2 heteroatoms. The second-order valence-corrected chi connectivity index (χ2v) is 13.8. The van der Waals surface area contributed by atoms with E-state index in [1.807, 2.05) is 0 Å². The van der Waals surface area contributed by atoms with E-state index in [9.17, 15) is 0 Å². The molecule has 28 heavy (non-hydrogen) atoms. The number of benzene rings is 4. The van der Waals surface area contributed by atoms with Crippen LogP contribution in [0.4, 0.5) is 0 Å². The van der Waals surface area contributed by atoms with Gasteiger partial charge in [-0.05, 0) is 34.9 Å². The summed E-state index contributed by atoms with van der Waals surface area (Å²) in [5.41, 5.74) is 0. The maximum Gasteiger partial charge on any atom is 0.139 e. The van der Waals surface area contributed by atoms with Crippen LogP contribution in [-0.4, -0.2) is 11.6 Å². The summed E-state index contributed by atoms with van der Waals surface area (Å²) in [4.78, 5) is 0. The molecule has 0 N–H and O–H groups in total. The van der Waals surface area contributed by atoms with E-state index in [1.54, 1.807) is 10.6 Å². The molecule has 1 aliphatic rings. The zero-order valence-electron chi connectivity index (χ0n) is 15.7. The lowest BCUT2D eigenvalue weighted by Crippen LogP contribution is -2.19. The summed E-state index contributed by atoms with van der Waals surface area (Å²) in [5, 5.41) is 6.85. The highest BCUT2D eigenvalue weighted by Gasteiger charge is 2.69. The van der Waals surface area contributed by atoms with Gasteiger partial charge in [0.1, 0.15) is 22.2 Å². The second kappa shape index (κ2) is 7.63. The van der Waals surface area contributed by atoms with Gasteiger partial charge in [0.25, 0.3) is 0 Å². The first-order valence-electron chi connectivity index (χ1n) is 9.78. The van der Waals surface area contributed by atoms with E-state index in [0.29, 0.717) is 0 Å². The molecule has 0 nitrogen and oxygen atoms in total. The Kier molecular flexibility index (Phi) is 4.86. The molecule has 4 aromatic rings. The highest BCUT2D eigenvalue weighted by atomic mass is 31.2. The summed E-state index contributed by atoms with van der Waals surface area (Å²) in [6, 6.07) is 45.0. The fraction of sp³-hybridized carbons (Fsp3) is 0.0769. The van der Waals surface area contributed by atoms with Crippen LogP contribution in [0, 0.1) is 0 Å². The predicted octanol–water partition coefficient (Wildman–Crippen LogP) is 5.13. The van der Waals surface area contributed by atoms with Crippen LogP contribution in [0.25, 0.3) is 0 Å². The minimum atomic E-state index is -1.37.